The quantitative estimate of drug-likeness (QED) is 0.553. The van der Waals surface area contributed by atoms with Crippen LogP contribution >= 0.6 is 0 Å². The number of hydrogen-bond acceptors (Lipinski definition) is 6. The number of aromatic nitrogens is 2. The molecule has 3 rings (SSSR count). The zero-order chi connectivity index (χ0) is 20.6. The van der Waals surface area contributed by atoms with Gasteiger partial charge in [-0.15, -0.1) is 0 Å². The standard InChI is InChI=1S/C23H28N4O2/c1-16-14-22(26-17(2)19-8-6-5-7-9-19)27-23(25-16)24-13-12-18-10-11-20(28-3)21(15-18)29-4/h5-11,14-15,17H,12-13H2,1-4H3,(H2,24,25,26,27). The first-order chi connectivity index (χ1) is 14.1. The zero-order valence-corrected chi connectivity index (χ0v) is 17.4. The lowest BCUT2D eigenvalue weighted by Gasteiger charge is -2.16. The number of anilines is 2. The summed E-state index contributed by atoms with van der Waals surface area (Å²) < 4.78 is 10.7. The molecular formula is C23H28N4O2. The minimum atomic E-state index is 0.158. The third-order valence-corrected chi connectivity index (χ3v) is 4.66. The van der Waals surface area contributed by atoms with Crippen molar-refractivity contribution in [2.24, 2.45) is 0 Å². The maximum Gasteiger partial charge on any atom is 0.224 e. The summed E-state index contributed by atoms with van der Waals surface area (Å²) in [7, 11) is 3.28. The minimum absolute atomic E-state index is 0.158. The molecule has 0 aliphatic carbocycles. The summed E-state index contributed by atoms with van der Waals surface area (Å²) in [6.45, 7) is 4.81. The number of rotatable bonds is 9. The van der Waals surface area contributed by atoms with Crippen molar-refractivity contribution >= 4 is 11.8 Å². The number of ether oxygens (including phenoxy) is 2. The molecule has 1 atom stereocenters. The fourth-order valence-electron chi connectivity index (χ4n) is 3.12. The summed E-state index contributed by atoms with van der Waals surface area (Å²) in [5.41, 5.74) is 3.28. The summed E-state index contributed by atoms with van der Waals surface area (Å²) in [6.07, 6.45) is 0.820. The molecule has 0 aliphatic heterocycles. The lowest BCUT2D eigenvalue weighted by molar-refractivity contribution is 0.354. The summed E-state index contributed by atoms with van der Waals surface area (Å²) >= 11 is 0. The topological polar surface area (TPSA) is 68.3 Å². The molecule has 6 heteroatoms. The van der Waals surface area contributed by atoms with Gasteiger partial charge in [-0.3, -0.25) is 0 Å². The van der Waals surface area contributed by atoms with Crippen LogP contribution in [0.15, 0.2) is 54.6 Å². The Morgan fingerprint density at radius 3 is 2.41 bits per heavy atom. The molecule has 2 aromatic carbocycles. The summed E-state index contributed by atoms with van der Waals surface area (Å²) in [6, 6.07) is 18.4. The Balaban J connectivity index is 1.61. The third-order valence-electron chi connectivity index (χ3n) is 4.66. The van der Waals surface area contributed by atoms with E-state index >= 15 is 0 Å². The highest BCUT2D eigenvalue weighted by molar-refractivity contribution is 5.45. The normalized spacial score (nSPS) is 11.6. The lowest BCUT2D eigenvalue weighted by atomic mass is 10.1. The Bertz CT molecular complexity index is 931. The van der Waals surface area contributed by atoms with Crippen LogP contribution in [0, 0.1) is 6.92 Å². The molecule has 152 valence electrons. The van der Waals surface area contributed by atoms with E-state index < -0.39 is 0 Å². The van der Waals surface area contributed by atoms with Crippen molar-refractivity contribution < 1.29 is 9.47 Å². The van der Waals surface area contributed by atoms with E-state index in [1.807, 2.05) is 49.4 Å². The predicted octanol–water partition coefficient (Wildman–Crippen LogP) is 4.63. The highest BCUT2D eigenvalue weighted by Crippen LogP contribution is 2.27. The van der Waals surface area contributed by atoms with E-state index in [-0.39, 0.29) is 6.04 Å². The first-order valence-electron chi connectivity index (χ1n) is 9.71. The van der Waals surface area contributed by atoms with Crippen molar-refractivity contribution in [3.8, 4) is 11.5 Å². The van der Waals surface area contributed by atoms with Crippen molar-refractivity contribution in [2.45, 2.75) is 26.3 Å². The maximum atomic E-state index is 5.37. The largest absolute Gasteiger partial charge is 0.493 e. The van der Waals surface area contributed by atoms with Crippen molar-refractivity contribution in [1.82, 2.24) is 9.97 Å². The van der Waals surface area contributed by atoms with Crippen molar-refractivity contribution in [3.63, 3.8) is 0 Å². The fourth-order valence-corrected chi connectivity index (χ4v) is 3.12. The molecule has 0 saturated heterocycles. The number of hydrogen-bond donors (Lipinski definition) is 2. The Labute approximate surface area is 172 Å². The van der Waals surface area contributed by atoms with E-state index in [9.17, 15) is 0 Å². The van der Waals surface area contributed by atoms with Crippen LogP contribution in [-0.4, -0.2) is 30.7 Å². The summed E-state index contributed by atoms with van der Waals surface area (Å²) in [5, 5.41) is 6.77. The van der Waals surface area contributed by atoms with Crippen LogP contribution in [0.4, 0.5) is 11.8 Å². The molecule has 0 bridgehead atoms. The van der Waals surface area contributed by atoms with Crippen LogP contribution in [0.2, 0.25) is 0 Å². The molecule has 0 saturated carbocycles. The number of nitrogens with zero attached hydrogens (tertiary/aromatic N) is 2. The van der Waals surface area contributed by atoms with Gasteiger partial charge in [-0.25, -0.2) is 4.98 Å². The molecule has 6 nitrogen and oxygen atoms in total. The Hall–Kier alpha value is -3.28. The highest BCUT2D eigenvalue weighted by Gasteiger charge is 2.08. The number of aryl methyl sites for hydroxylation is 1. The van der Waals surface area contributed by atoms with Gasteiger partial charge in [0.15, 0.2) is 11.5 Å². The van der Waals surface area contributed by atoms with Crippen LogP contribution < -0.4 is 20.1 Å². The molecule has 0 spiro atoms. The second kappa shape index (κ2) is 9.78. The van der Waals surface area contributed by atoms with Crippen LogP contribution in [0.25, 0.3) is 0 Å². The zero-order valence-electron chi connectivity index (χ0n) is 17.4. The van der Waals surface area contributed by atoms with Gasteiger partial charge in [-0.2, -0.15) is 4.98 Å². The Morgan fingerprint density at radius 2 is 1.69 bits per heavy atom. The molecule has 1 aromatic heterocycles. The second-order valence-electron chi connectivity index (χ2n) is 6.86. The Kier molecular flexibility index (Phi) is 6.89. The van der Waals surface area contributed by atoms with Gasteiger partial charge in [-0.05, 0) is 43.5 Å². The van der Waals surface area contributed by atoms with E-state index in [2.05, 4.69) is 39.7 Å². The molecule has 3 aromatic rings. The van der Waals surface area contributed by atoms with Crippen molar-refractivity contribution in [1.29, 1.82) is 0 Å². The first kappa shape index (κ1) is 20.5. The fraction of sp³-hybridized carbons (Fsp3) is 0.304. The van der Waals surface area contributed by atoms with Gasteiger partial charge in [0.1, 0.15) is 5.82 Å². The Morgan fingerprint density at radius 1 is 0.931 bits per heavy atom. The van der Waals surface area contributed by atoms with E-state index in [1.165, 1.54) is 5.56 Å². The molecule has 1 unspecified atom stereocenters. The monoisotopic (exact) mass is 392 g/mol. The van der Waals surface area contributed by atoms with Crippen molar-refractivity contribution in [2.75, 3.05) is 31.4 Å². The molecule has 1 heterocycles. The van der Waals surface area contributed by atoms with Crippen molar-refractivity contribution in [3.05, 3.63) is 71.4 Å². The highest BCUT2D eigenvalue weighted by atomic mass is 16.5. The van der Waals surface area contributed by atoms with Crippen LogP contribution in [0.5, 0.6) is 11.5 Å². The third kappa shape index (κ3) is 5.60. The molecule has 0 amide bonds. The van der Waals surface area contributed by atoms with Gasteiger partial charge in [0.2, 0.25) is 5.95 Å². The molecule has 2 N–H and O–H groups in total. The van der Waals surface area contributed by atoms with Gasteiger partial charge in [0.05, 0.1) is 14.2 Å². The summed E-state index contributed by atoms with van der Waals surface area (Å²) in [5.74, 6) is 2.89. The van der Waals surface area contributed by atoms with Gasteiger partial charge < -0.3 is 20.1 Å². The van der Waals surface area contributed by atoms with Gasteiger partial charge >= 0.3 is 0 Å². The molecule has 29 heavy (non-hydrogen) atoms. The number of benzene rings is 2. The average molecular weight is 393 g/mol. The second-order valence-corrected chi connectivity index (χ2v) is 6.86. The smallest absolute Gasteiger partial charge is 0.224 e. The SMILES string of the molecule is COc1ccc(CCNc2nc(C)cc(NC(C)c3ccccc3)n2)cc1OC. The molecule has 0 aliphatic rings. The minimum Gasteiger partial charge on any atom is -0.493 e. The number of nitrogens with one attached hydrogen (secondary N) is 2. The first-order valence-corrected chi connectivity index (χ1v) is 9.71. The van der Waals surface area contributed by atoms with Gasteiger partial charge in [0, 0.05) is 24.3 Å². The van der Waals surface area contributed by atoms with Crippen LogP contribution in [0.1, 0.15) is 29.8 Å². The van der Waals surface area contributed by atoms with E-state index in [0.717, 1.165) is 35.0 Å². The van der Waals surface area contributed by atoms with Crippen LogP contribution in [-0.2, 0) is 6.42 Å². The number of methoxy groups -OCH3 is 2. The van der Waals surface area contributed by atoms with Gasteiger partial charge in [0.25, 0.3) is 0 Å². The van der Waals surface area contributed by atoms with Crippen LogP contribution in [0.3, 0.4) is 0 Å². The van der Waals surface area contributed by atoms with E-state index in [4.69, 9.17) is 9.47 Å². The van der Waals surface area contributed by atoms with Gasteiger partial charge in [-0.1, -0.05) is 36.4 Å². The lowest BCUT2D eigenvalue weighted by Crippen LogP contribution is -2.12. The molecular weight excluding hydrogens is 364 g/mol. The van der Waals surface area contributed by atoms with E-state index in [0.29, 0.717) is 12.5 Å². The van der Waals surface area contributed by atoms with E-state index in [1.54, 1.807) is 14.2 Å². The summed E-state index contributed by atoms with van der Waals surface area (Å²) in [4.78, 5) is 9.11. The molecule has 0 fully saturated rings. The molecule has 0 radical (unpaired) electrons. The average Bonchev–Trinajstić information content (AvgIpc) is 2.73. The predicted molar refractivity (Wildman–Crippen MR) is 117 cm³/mol. The maximum absolute atomic E-state index is 5.37.